The van der Waals surface area contributed by atoms with Crippen molar-refractivity contribution in [3.63, 3.8) is 0 Å². The second-order valence-electron chi connectivity index (χ2n) is 4.65. The van der Waals surface area contributed by atoms with Gasteiger partial charge in [0.2, 0.25) is 5.95 Å². The number of halogens is 2. The first-order valence-electron chi connectivity index (χ1n) is 6.62. The molecule has 1 atom stereocenters. The topological polar surface area (TPSA) is 76.5 Å². The molecule has 3 rings (SSSR count). The molecule has 0 fully saturated rings. The van der Waals surface area contributed by atoms with Gasteiger partial charge in [-0.15, -0.1) is 0 Å². The number of hydrogen-bond donors (Lipinski definition) is 2. The van der Waals surface area contributed by atoms with Gasteiger partial charge in [-0.1, -0.05) is 11.6 Å². The van der Waals surface area contributed by atoms with Crippen molar-refractivity contribution in [3.05, 3.63) is 40.9 Å². The Labute approximate surface area is 130 Å². The van der Waals surface area contributed by atoms with Crippen molar-refractivity contribution in [2.24, 2.45) is 0 Å². The number of aliphatic hydroxyl groups is 1. The monoisotopic (exact) mass is 325 g/mol. The van der Waals surface area contributed by atoms with Crippen LogP contribution in [0.1, 0.15) is 11.7 Å². The third-order valence-electron chi connectivity index (χ3n) is 3.08. The van der Waals surface area contributed by atoms with Gasteiger partial charge >= 0.3 is 0 Å². The molecule has 1 aromatic carbocycles. The molecule has 1 aliphatic rings. The van der Waals surface area contributed by atoms with E-state index < -0.39 is 11.9 Å². The predicted molar refractivity (Wildman–Crippen MR) is 77.9 cm³/mol. The first kappa shape index (κ1) is 14.8. The lowest BCUT2D eigenvalue weighted by Gasteiger charge is -2.21. The summed E-state index contributed by atoms with van der Waals surface area (Å²) in [6, 6.07) is 3.30. The Bertz CT molecular complexity index is 669. The summed E-state index contributed by atoms with van der Waals surface area (Å²) in [4.78, 5) is 7.51. The Kier molecular flexibility index (Phi) is 4.26. The van der Waals surface area contributed by atoms with E-state index in [-0.39, 0.29) is 12.5 Å². The molecule has 2 aromatic rings. The van der Waals surface area contributed by atoms with Gasteiger partial charge in [0.1, 0.15) is 13.2 Å². The fraction of sp³-hybridized carbons (Fsp3) is 0.286. The van der Waals surface area contributed by atoms with Crippen LogP contribution in [0.25, 0.3) is 0 Å². The highest BCUT2D eigenvalue weighted by molar-refractivity contribution is 6.32. The smallest absolute Gasteiger partial charge is 0.222 e. The average Bonchev–Trinajstić information content (AvgIpc) is 2.54. The van der Waals surface area contributed by atoms with Gasteiger partial charge in [-0.3, -0.25) is 0 Å². The molecule has 0 amide bonds. The standard InChI is InChI=1S/C14H13ClFN3O3/c15-10-3-8(4-12-13(10)22-2-1-21-12)11(20)7-19-14-17-5-9(16)6-18-14/h3-6,11,20H,1-2,7H2,(H,17,18,19). The molecule has 22 heavy (non-hydrogen) atoms. The largest absolute Gasteiger partial charge is 0.486 e. The Morgan fingerprint density at radius 2 is 2.00 bits per heavy atom. The Balaban J connectivity index is 1.70. The highest BCUT2D eigenvalue weighted by Gasteiger charge is 2.19. The van der Waals surface area contributed by atoms with Gasteiger partial charge in [0, 0.05) is 6.54 Å². The summed E-state index contributed by atoms with van der Waals surface area (Å²) < 4.78 is 23.6. The number of ether oxygens (including phenoxy) is 2. The van der Waals surface area contributed by atoms with Crippen molar-refractivity contribution in [2.45, 2.75) is 6.10 Å². The molecule has 0 radical (unpaired) electrons. The van der Waals surface area contributed by atoms with Crippen molar-refractivity contribution < 1.29 is 19.0 Å². The second-order valence-corrected chi connectivity index (χ2v) is 5.06. The van der Waals surface area contributed by atoms with Gasteiger partial charge in [0.05, 0.1) is 23.5 Å². The van der Waals surface area contributed by atoms with Crippen molar-refractivity contribution in [3.8, 4) is 11.5 Å². The molecule has 2 heterocycles. The summed E-state index contributed by atoms with van der Waals surface area (Å²) >= 11 is 6.12. The van der Waals surface area contributed by atoms with Crippen LogP contribution in [0.15, 0.2) is 24.5 Å². The molecule has 0 aliphatic carbocycles. The highest BCUT2D eigenvalue weighted by Crippen LogP contribution is 2.39. The van der Waals surface area contributed by atoms with E-state index in [9.17, 15) is 9.50 Å². The number of aliphatic hydroxyl groups excluding tert-OH is 1. The first-order valence-corrected chi connectivity index (χ1v) is 7.00. The normalized spacial score (nSPS) is 14.5. The van der Waals surface area contributed by atoms with Gasteiger partial charge in [-0.2, -0.15) is 0 Å². The van der Waals surface area contributed by atoms with Crippen molar-refractivity contribution in [1.82, 2.24) is 9.97 Å². The molecule has 0 spiro atoms. The van der Waals surface area contributed by atoms with Gasteiger partial charge in [0.25, 0.3) is 0 Å². The third kappa shape index (κ3) is 3.20. The van der Waals surface area contributed by atoms with Crippen molar-refractivity contribution >= 4 is 17.5 Å². The van der Waals surface area contributed by atoms with Crippen molar-refractivity contribution in [2.75, 3.05) is 25.1 Å². The van der Waals surface area contributed by atoms with E-state index in [1.54, 1.807) is 12.1 Å². The predicted octanol–water partition coefficient (Wildman–Crippen LogP) is 2.19. The number of nitrogens with one attached hydrogen (secondary N) is 1. The summed E-state index contributed by atoms with van der Waals surface area (Å²) in [5.74, 6) is 0.693. The van der Waals surface area contributed by atoms with Gasteiger partial charge < -0.3 is 19.9 Å². The van der Waals surface area contributed by atoms with E-state index in [0.717, 1.165) is 12.4 Å². The zero-order valence-electron chi connectivity index (χ0n) is 11.4. The lowest BCUT2D eigenvalue weighted by molar-refractivity contribution is 0.167. The Morgan fingerprint density at radius 1 is 1.27 bits per heavy atom. The summed E-state index contributed by atoms with van der Waals surface area (Å²) in [6.07, 6.45) is 1.23. The van der Waals surface area contributed by atoms with Crippen LogP contribution in [0, 0.1) is 5.82 Å². The van der Waals surface area contributed by atoms with Crippen LogP contribution in [0.5, 0.6) is 11.5 Å². The van der Waals surface area contributed by atoms with E-state index in [1.807, 2.05) is 0 Å². The zero-order valence-corrected chi connectivity index (χ0v) is 12.2. The number of rotatable bonds is 4. The van der Waals surface area contributed by atoms with E-state index in [4.69, 9.17) is 21.1 Å². The van der Waals surface area contributed by atoms with Crippen LogP contribution >= 0.6 is 11.6 Å². The molecule has 1 aromatic heterocycles. The number of hydrogen-bond acceptors (Lipinski definition) is 6. The molecule has 1 aliphatic heterocycles. The minimum Gasteiger partial charge on any atom is -0.486 e. The Hall–Kier alpha value is -2.12. The fourth-order valence-electron chi connectivity index (χ4n) is 2.03. The quantitative estimate of drug-likeness (QED) is 0.897. The van der Waals surface area contributed by atoms with Crippen LogP contribution in [-0.4, -0.2) is 34.8 Å². The van der Waals surface area contributed by atoms with Crippen molar-refractivity contribution in [1.29, 1.82) is 0 Å². The lowest BCUT2D eigenvalue weighted by atomic mass is 10.1. The van der Waals surface area contributed by atoms with Crippen LogP contribution in [0.2, 0.25) is 5.02 Å². The molecule has 116 valence electrons. The highest BCUT2D eigenvalue weighted by atomic mass is 35.5. The summed E-state index contributed by atoms with van der Waals surface area (Å²) in [5, 5.41) is 13.4. The lowest BCUT2D eigenvalue weighted by Crippen LogP contribution is -2.17. The summed E-state index contributed by atoms with van der Waals surface area (Å²) in [7, 11) is 0. The molecule has 6 nitrogen and oxygen atoms in total. The molecular formula is C14H13ClFN3O3. The average molecular weight is 326 g/mol. The van der Waals surface area contributed by atoms with Gasteiger partial charge in [-0.25, -0.2) is 14.4 Å². The summed E-state index contributed by atoms with van der Waals surface area (Å²) in [6.45, 7) is 1.02. The molecule has 8 heteroatoms. The second kappa shape index (κ2) is 6.33. The van der Waals surface area contributed by atoms with Crippen LogP contribution in [0.4, 0.5) is 10.3 Å². The molecule has 2 N–H and O–H groups in total. The van der Waals surface area contributed by atoms with E-state index in [2.05, 4.69) is 15.3 Å². The zero-order chi connectivity index (χ0) is 15.5. The minimum atomic E-state index is -0.859. The van der Waals surface area contributed by atoms with E-state index in [1.165, 1.54) is 0 Å². The van der Waals surface area contributed by atoms with E-state index in [0.29, 0.717) is 35.3 Å². The molecule has 0 saturated heterocycles. The summed E-state index contributed by atoms with van der Waals surface area (Å²) in [5.41, 5.74) is 0.573. The van der Waals surface area contributed by atoms with Crippen LogP contribution < -0.4 is 14.8 Å². The molecule has 0 saturated carbocycles. The van der Waals surface area contributed by atoms with Gasteiger partial charge in [-0.05, 0) is 17.7 Å². The molecular weight excluding hydrogens is 313 g/mol. The number of aromatic nitrogens is 2. The van der Waals surface area contributed by atoms with Crippen LogP contribution in [0.3, 0.4) is 0 Å². The first-order chi connectivity index (χ1) is 10.6. The SMILES string of the molecule is OC(CNc1ncc(F)cn1)c1cc(Cl)c2c(c1)OCCO2. The third-order valence-corrected chi connectivity index (χ3v) is 3.36. The number of anilines is 1. The maximum absolute atomic E-state index is 12.7. The number of fused-ring (bicyclic) bond motifs is 1. The number of benzene rings is 1. The Morgan fingerprint density at radius 3 is 2.77 bits per heavy atom. The molecule has 0 bridgehead atoms. The molecule has 1 unspecified atom stereocenters. The maximum Gasteiger partial charge on any atom is 0.222 e. The van der Waals surface area contributed by atoms with Crippen LogP contribution in [-0.2, 0) is 0 Å². The van der Waals surface area contributed by atoms with Gasteiger partial charge in [0.15, 0.2) is 17.3 Å². The number of nitrogens with zero attached hydrogens (tertiary/aromatic N) is 2. The minimum absolute atomic E-state index is 0.140. The maximum atomic E-state index is 12.7. The fourth-order valence-corrected chi connectivity index (χ4v) is 2.31. The van der Waals surface area contributed by atoms with E-state index >= 15 is 0 Å².